The zero-order valence-corrected chi connectivity index (χ0v) is 25.8. The summed E-state index contributed by atoms with van der Waals surface area (Å²) in [4.78, 5) is 21.5. The second-order valence-electron chi connectivity index (χ2n) is 7.43. The van der Waals surface area contributed by atoms with E-state index in [4.69, 9.17) is 0 Å². The molecule has 0 fully saturated rings. The van der Waals surface area contributed by atoms with Crippen LogP contribution in [0.2, 0.25) is 0 Å². The summed E-state index contributed by atoms with van der Waals surface area (Å²) in [5, 5.41) is 0. The van der Waals surface area contributed by atoms with Gasteiger partial charge in [-0.15, -0.1) is 0 Å². The van der Waals surface area contributed by atoms with E-state index in [1.165, 1.54) is 77.0 Å². The predicted octanol–water partition coefficient (Wildman–Crippen LogP) is -0.263. The molecule has 7 heteroatoms. The van der Waals surface area contributed by atoms with Gasteiger partial charge in [-0.2, -0.15) is 0 Å². The number of phosphoric ester groups is 1. The summed E-state index contributed by atoms with van der Waals surface area (Å²) in [5.74, 6) is 0.211. The monoisotopic (exact) mass is 454 g/mol. The summed E-state index contributed by atoms with van der Waals surface area (Å²) in [6, 6.07) is 0. The normalized spacial score (nSPS) is 12.3. The van der Waals surface area contributed by atoms with Gasteiger partial charge in [0.1, 0.15) is 0 Å². The van der Waals surface area contributed by atoms with Crippen molar-refractivity contribution in [1.82, 2.24) is 0 Å². The predicted molar refractivity (Wildman–Crippen MR) is 102 cm³/mol. The minimum absolute atomic E-state index is 0. The molecule has 4 nitrogen and oxygen atoms in total. The molecule has 0 saturated carbocycles. The summed E-state index contributed by atoms with van der Waals surface area (Å²) >= 11 is 0. The molecule has 0 bridgehead atoms. The Morgan fingerprint density at radius 3 is 1.33 bits per heavy atom. The number of unbranched alkanes of at least 4 members (excludes halogenated alkanes) is 12. The van der Waals surface area contributed by atoms with Crippen LogP contribution in [0.1, 0.15) is 117 Å². The van der Waals surface area contributed by atoms with E-state index in [-0.39, 0.29) is 115 Å². The largest absolute Gasteiger partial charge is 1.00 e. The van der Waals surface area contributed by atoms with Crippen LogP contribution in [0.4, 0.5) is 0 Å². The molecule has 0 aromatic heterocycles. The molecule has 0 aliphatic rings. The first-order chi connectivity index (χ1) is 12.0. The van der Waals surface area contributed by atoms with Gasteiger partial charge in [-0.25, -0.2) is 0 Å². The van der Waals surface area contributed by atoms with E-state index in [1.807, 2.05) is 0 Å². The molecule has 0 aliphatic carbocycles. The minimum atomic E-state index is -4.83. The fraction of sp³-hybridized carbons (Fsp3) is 1.00. The van der Waals surface area contributed by atoms with Crippen molar-refractivity contribution in [3.8, 4) is 0 Å². The van der Waals surface area contributed by atoms with Gasteiger partial charge in [0.25, 0.3) is 0 Å². The van der Waals surface area contributed by atoms with Crippen molar-refractivity contribution in [2.75, 3.05) is 6.61 Å². The molecule has 27 heavy (non-hydrogen) atoms. The zero-order valence-electron chi connectivity index (χ0n) is 18.7. The molecule has 0 amide bonds. The molecule has 0 aliphatic heterocycles. The standard InChI is InChI=1S/C20H43O4P.2K/c1-3-5-7-9-11-12-14-16-18-20(19-24-25(21,22)23)17-15-13-10-8-6-4-2;;/h20H,3-19H2,1-2H3,(H2,21,22,23);;/q;2*+1/p-2. The molecular formula is C20H41K2O4P. The Bertz CT molecular complexity index is 327. The fourth-order valence-corrected chi connectivity index (χ4v) is 3.68. The average molecular weight is 455 g/mol. The van der Waals surface area contributed by atoms with Gasteiger partial charge in [0.15, 0.2) is 0 Å². The third kappa shape index (κ3) is 29.4. The third-order valence-corrected chi connectivity index (χ3v) is 5.37. The van der Waals surface area contributed by atoms with Crippen LogP contribution < -0.4 is 113 Å². The van der Waals surface area contributed by atoms with Gasteiger partial charge >= 0.3 is 103 Å². The Balaban J connectivity index is -0.00000288. The average Bonchev–Trinajstić information content (AvgIpc) is 2.56. The van der Waals surface area contributed by atoms with Crippen LogP contribution in [-0.2, 0) is 9.09 Å². The molecule has 0 aromatic rings. The quantitative estimate of drug-likeness (QED) is 0.153. The molecule has 0 spiro atoms. The first kappa shape index (κ1) is 35.0. The zero-order chi connectivity index (χ0) is 18.8. The second kappa shape index (κ2) is 25.6. The van der Waals surface area contributed by atoms with Crippen molar-refractivity contribution in [3.63, 3.8) is 0 Å². The van der Waals surface area contributed by atoms with Crippen molar-refractivity contribution < 1.29 is 122 Å². The third-order valence-electron chi connectivity index (χ3n) is 4.90. The number of phosphoric acid groups is 1. The summed E-state index contributed by atoms with van der Waals surface area (Å²) in [6.07, 6.45) is 19.5. The maximum atomic E-state index is 10.7. The van der Waals surface area contributed by atoms with Gasteiger partial charge in [-0.1, -0.05) is 104 Å². The number of hydrogen-bond donors (Lipinski definition) is 0. The van der Waals surface area contributed by atoms with E-state index in [9.17, 15) is 14.4 Å². The van der Waals surface area contributed by atoms with Gasteiger partial charge < -0.3 is 18.9 Å². The minimum Gasteiger partial charge on any atom is -0.790 e. The first-order valence-corrected chi connectivity index (χ1v) is 12.1. The van der Waals surface area contributed by atoms with Crippen molar-refractivity contribution in [1.29, 1.82) is 0 Å². The summed E-state index contributed by atoms with van der Waals surface area (Å²) in [5.41, 5.74) is 0. The molecule has 152 valence electrons. The first-order valence-electron chi connectivity index (χ1n) is 10.7. The maximum absolute atomic E-state index is 10.7. The van der Waals surface area contributed by atoms with Crippen LogP contribution in [0, 0.1) is 5.92 Å². The maximum Gasteiger partial charge on any atom is 1.00 e. The number of hydrogen-bond acceptors (Lipinski definition) is 4. The number of rotatable bonds is 19. The molecule has 0 rings (SSSR count). The molecule has 0 heterocycles. The smallest absolute Gasteiger partial charge is 0.790 e. The van der Waals surface area contributed by atoms with E-state index < -0.39 is 7.82 Å². The Morgan fingerprint density at radius 1 is 0.667 bits per heavy atom. The molecular weight excluding hydrogens is 413 g/mol. The Kier molecular flexibility index (Phi) is 33.2. The van der Waals surface area contributed by atoms with E-state index in [1.54, 1.807) is 0 Å². The van der Waals surface area contributed by atoms with Crippen LogP contribution >= 0.6 is 7.82 Å². The van der Waals surface area contributed by atoms with Gasteiger partial charge in [0.05, 0.1) is 14.4 Å². The van der Waals surface area contributed by atoms with Crippen LogP contribution in [-0.4, -0.2) is 6.61 Å². The molecule has 0 saturated heterocycles. The van der Waals surface area contributed by atoms with Gasteiger partial charge in [0, 0.05) is 0 Å². The van der Waals surface area contributed by atoms with Gasteiger partial charge in [0.2, 0.25) is 0 Å². The summed E-state index contributed by atoms with van der Waals surface area (Å²) < 4.78 is 15.3. The van der Waals surface area contributed by atoms with E-state index in [0.29, 0.717) is 0 Å². The van der Waals surface area contributed by atoms with Gasteiger partial charge in [-0.3, -0.25) is 0 Å². The molecule has 1 atom stereocenters. The van der Waals surface area contributed by atoms with Gasteiger partial charge in [-0.05, 0) is 18.8 Å². The Hall–Kier alpha value is 3.38. The van der Waals surface area contributed by atoms with Crippen molar-refractivity contribution >= 4 is 7.82 Å². The molecule has 0 radical (unpaired) electrons. The second-order valence-corrected chi connectivity index (χ2v) is 8.58. The van der Waals surface area contributed by atoms with Crippen molar-refractivity contribution in [2.45, 2.75) is 117 Å². The van der Waals surface area contributed by atoms with Crippen molar-refractivity contribution in [3.05, 3.63) is 0 Å². The molecule has 0 aromatic carbocycles. The van der Waals surface area contributed by atoms with E-state index in [2.05, 4.69) is 18.4 Å². The Morgan fingerprint density at radius 2 is 1.00 bits per heavy atom. The SMILES string of the molecule is CCCCCCCCCCC(CCCCCCCC)COP(=O)([O-])[O-].[K+].[K+]. The molecule has 1 unspecified atom stereocenters. The van der Waals surface area contributed by atoms with Crippen LogP contribution in [0.25, 0.3) is 0 Å². The van der Waals surface area contributed by atoms with Crippen LogP contribution in [0.3, 0.4) is 0 Å². The summed E-state index contributed by atoms with van der Waals surface area (Å²) in [7, 11) is -4.83. The summed E-state index contributed by atoms with van der Waals surface area (Å²) in [6.45, 7) is 4.52. The fourth-order valence-electron chi connectivity index (χ4n) is 3.29. The molecule has 0 N–H and O–H groups in total. The van der Waals surface area contributed by atoms with Crippen molar-refractivity contribution in [2.24, 2.45) is 5.92 Å². The van der Waals surface area contributed by atoms with E-state index in [0.717, 1.165) is 25.7 Å². The van der Waals surface area contributed by atoms with E-state index >= 15 is 0 Å². The Labute approximate surface area is 254 Å². The van der Waals surface area contributed by atoms with Crippen LogP contribution in [0.15, 0.2) is 0 Å². The topological polar surface area (TPSA) is 72.4 Å². The van der Waals surface area contributed by atoms with Crippen LogP contribution in [0.5, 0.6) is 0 Å².